The van der Waals surface area contributed by atoms with E-state index in [1.165, 1.54) is 0 Å². The molecule has 0 aliphatic heterocycles. The van der Waals surface area contributed by atoms with Crippen LogP contribution in [0, 0.1) is 10.1 Å². The van der Waals surface area contributed by atoms with Crippen LogP contribution < -0.4 is 4.74 Å². The average Bonchev–Trinajstić information content (AvgIpc) is 2.26. The number of aromatic nitrogens is 1. The van der Waals surface area contributed by atoms with Crippen molar-refractivity contribution >= 4 is 5.82 Å². The first-order chi connectivity index (χ1) is 7.51. The molecule has 6 nitrogen and oxygen atoms in total. The summed E-state index contributed by atoms with van der Waals surface area (Å²) in [6, 6.07) is 0.624. The molecular weight excluding hydrogens is 226 g/mol. The van der Waals surface area contributed by atoms with Gasteiger partial charge in [-0.15, -0.1) is 0 Å². The summed E-state index contributed by atoms with van der Waals surface area (Å²) in [5.74, 6) is -1.11. The number of hydrogen-bond acceptors (Lipinski definition) is 5. The summed E-state index contributed by atoms with van der Waals surface area (Å²) >= 11 is 0. The van der Waals surface area contributed by atoms with Crippen LogP contribution in [0.1, 0.15) is 17.6 Å². The van der Waals surface area contributed by atoms with Crippen molar-refractivity contribution in [3.8, 4) is 5.88 Å². The quantitative estimate of drug-likeness (QED) is 0.629. The summed E-state index contributed by atoms with van der Waals surface area (Å²) in [7, 11) is 1.13. The Hall–Kier alpha value is -1.83. The van der Waals surface area contributed by atoms with Gasteiger partial charge in [0.05, 0.1) is 19.3 Å². The maximum Gasteiger partial charge on any atom is 0.368 e. The van der Waals surface area contributed by atoms with E-state index in [2.05, 4.69) is 9.72 Å². The van der Waals surface area contributed by atoms with E-state index in [0.717, 1.165) is 7.11 Å². The SMILES string of the molecule is COc1nc([N+](=O)[O-])cc(C(F)F)c1CO. The fourth-order valence-electron chi connectivity index (χ4n) is 1.17. The number of pyridine rings is 1. The summed E-state index contributed by atoms with van der Waals surface area (Å²) in [5.41, 5.74) is -0.899. The van der Waals surface area contributed by atoms with Gasteiger partial charge in [-0.05, 0) is 4.92 Å². The molecule has 0 amide bonds. The van der Waals surface area contributed by atoms with Crippen LogP contribution in [0.3, 0.4) is 0 Å². The number of nitrogens with zero attached hydrogens (tertiary/aromatic N) is 2. The van der Waals surface area contributed by atoms with Crippen molar-refractivity contribution in [2.24, 2.45) is 0 Å². The van der Waals surface area contributed by atoms with E-state index < -0.39 is 29.3 Å². The van der Waals surface area contributed by atoms with Crippen molar-refractivity contribution in [3.63, 3.8) is 0 Å². The second kappa shape index (κ2) is 4.79. The van der Waals surface area contributed by atoms with Crippen LogP contribution in [-0.4, -0.2) is 22.1 Å². The number of aliphatic hydroxyl groups is 1. The van der Waals surface area contributed by atoms with E-state index in [4.69, 9.17) is 5.11 Å². The molecule has 0 saturated heterocycles. The lowest BCUT2D eigenvalue weighted by atomic mass is 10.1. The highest BCUT2D eigenvalue weighted by atomic mass is 19.3. The minimum Gasteiger partial charge on any atom is -0.463 e. The van der Waals surface area contributed by atoms with Gasteiger partial charge in [0, 0.05) is 16.6 Å². The van der Waals surface area contributed by atoms with E-state index in [0.29, 0.717) is 6.07 Å². The third-order valence-electron chi connectivity index (χ3n) is 1.88. The van der Waals surface area contributed by atoms with E-state index in [9.17, 15) is 18.9 Å². The Kier molecular flexibility index (Phi) is 3.67. The van der Waals surface area contributed by atoms with E-state index in [-0.39, 0.29) is 11.4 Å². The molecule has 1 aromatic heterocycles. The molecule has 0 fully saturated rings. The third-order valence-corrected chi connectivity index (χ3v) is 1.88. The molecule has 1 aromatic rings. The summed E-state index contributed by atoms with van der Waals surface area (Å²) < 4.78 is 29.7. The molecule has 88 valence electrons. The molecule has 0 unspecified atom stereocenters. The standard InChI is InChI=1S/C8H8F2N2O4/c1-16-8-5(3-13)4(7(9)10)2-6(11-8)12(14)15/h2,7,13H,3H2,1H3. The van der Waals surface area contributed by atoms with Crippen molar-refractivity contribution in [1.29, 1.82) is 0 Å². The lowest BCUT2D eigenvalue weighted by Gasteiger charge is -2.07. The van der Waals surface area contributed by atoms with Gasteiger partial charge in [-0.2, -0.15) is 0 Å². The number of aliphatic hydroxyl groups excluding tert-OH is 1. The van der Waals surface area contributed by atoms with Crippen LogP contribution in [0.2, 0.25) is 0 Å². The zero-order valence-corrected chi connectivity index (χ0v) is 8.18. The predicted octanol–water partition coefficient (Wildman–Crippen LogP) is 1.43. The zero-order chi connectivity index (χ0) is 12.3. The van der Waals surface area contributed by atoms with Crippen LogP contribution in [-0.2, 0) is 6.61 Å². The molecule has 1 heterocycles. The fraction of sp³-hybridized carbons (Fsp3) is 0.375. The highest BCUT2D eigenvalue weighted by Crippen LogP contribution is 2.31. The number of halogens is 2. The van der Waals surface area contributed by atoms with Gasteiger partial charge in [0.2, 0.25) is 0 Å². The summed E-state index contributed by atoms with van der Waals surface area (Å²) in [6.45, 7) is -0.728. The first-order valence-corrected chi connectivity index (χ1v) is 4.12. The Balaban J connectivity index is 3.43. The fourth-order valence-corrected chi connectivity index (χ4v) is 1.17. The molecule has 0 spiro atoms. The van der Waals surface area contributed by atoms with Gasteiger partial charge < -0.3 is 20.0 Å². The van der Waals surface area contributed by atoms with E-state index in [1.807, 2.05) is 0 Å². The molecule has 16 heavy (non-hydrogen) atoms. The van der Waals surface area contributed by atoms with Gasteiger partial charge in [0.1, 0.15) is 0 Å². The van der Waals surface area contributed by atoms with Gasteiger partial charge in [0.25, 0.3) is 6.43 Å². The minimum atomic E-state index is -2.95. The molecular formula is C8H8F2N2O4. The maximum atomic E-state index is 12.6. The summed E-state index contributed by atoms with van der Waals surface area (Å²) in [4.78, 5) is 12.9. The lowest BCUT2D eigenvalue weighted by molar-refractivity contribution is -0.389. The highest BCUT2D eigenvalue weighted by Gasteiger charge is 2.25. The third kappa shape index (κ3) is 2.22. The monoisotopic (exact) mass is 234 g/mol. The number of ether oxygens (including phenoxy) is 1. The largest absolute Gasteiger partial charge is 0.463 e. The van der Waals surface area contributed by atoms with Gasteiger partial charge in [-0.25, -0.2) is 8.78 Å². The van der Waals surface area contributed by atoms with Crippen LogP contribution >= 0.6 is 0 Å². The first kappa shape index (κ1) is 12.2. The lowest BCUT2D eigenvalue weighted by Crippen LogP contribution is -2.04. The van der Waals surface area contributed by atoms with E-state index in [1.54, 1.807) is 0 Å². The molecule has 0 bridgehead atoms. The summed E-state index contributed by atoms with van der Waals surface area (Å²) in [5, 5.41) is 19.3. The van der Waals surface area contributed by atoms with Crippen molar-refractivity contribution in [1.82, 2.24) is 4.98 Å². The Labute approximate surface area is 88.6 Å². The minimum absolute atomic E-state index is 0.247. The van der Waals surface area contributed by atoms with Gasteiger partial charge in [-0.1, -0.05) is 0 Å². The van der Waals surface area contributed by atoms with Crippen LogP contribution in [0.4, 0.5) is 14.6 Å². The Morgan fingerprint density at radius 2 is 2.31 bits per heavy atom. The Morgan fingerprint density at radius 1 is 1.69 bits per heavy atom. The number of methoxy groups -OCH3 is 1. The molecule has 0 aromatic carbocycles. The van der Waals surface area contributed by atoms with E-state index >= 15 is 0 Å². The second-order valence-corrected chi connectivity index (χ2v) is 2.77. The van der Waals surface area contributed by atoms with Crippen molar-refractivity contribution < 1.29 is 23.5 Å². The Morgan fingerprint density at radius 3 is 2.69 bits per heavy atom. The second-order valence-electron chi connectivity index (χ2n) is 2.77. The van der Waals surface area contributed by atoms with Crippen LogP contribution in [0.15, 0.2) is 6.07 Å². The highest BCUT2D eigenvalue weighted by molar-refractivity contribution is 5.41. The average molecular weight is 234 g/mol. The molecule has 0 atom stereocenters. The number of alkyl halides is 2. The molecule has 1 rings (SSSR count). The van der Waals surface area contributed by atoms with Crippen molar-refractivity contribution in [2.45, 2.75) is 13.0 Å². The van der Waals surface area contributed by atoms with Gasteiger partial charge in [-0.3, -0.25) is 0 Å². The Bertz CT molecular complexity index is 411. The zero-order valence-electron chi connectivity index (χ0n) is 8.18. The molecule has 0 radical (unpaired) electrons. The first-order valence-electron chi connectivity index (χ1n) is 4.12. The maximum absolute atomic E-state index is 12.6. The number of rotatable bonds is 4. The van der Waals surface area contributed by atoms with Gasteiger partial charge in [0.15, 0.2) is 0 Å². The molecule has 1 N–H and O–H groups in total. The van der Waals surface area contributed by atoms with Crippen LogP contribution in [0.25, 0.3) is 0 Å². The number of hydrogen-bond donors (Lipinski definition) is 1. The molecule has 8 heteroatoms. The molecule has 0 aliphatic carbocycles. The van der Waals surface area contributed by atoms with Crippen molar-refractivity contribution in [3.05, 3.63) is 27.3 Å². The van der Waals surface area contributed by atoms with Crippen LogP contribution in [0.5, 0.6) is 5.88 Å². The number of nitro groups is 1. The van der Waals surface area contributed by atoms with Gasteiger partial charge >= 0.3 is 11.7 Å². The molecule has 0 aliphatic rings. The smallest absolute Gasteiger partial charge is 0.368 e. The normalized spacial score (nSPS) is 10.6. The summed E-state index contributed by atoms with van der Waals surface area (Å²) in [6.07, 6.45) is -2.95. The molecule has 0 saturated carbocycles. The topological polar surface area (TPSA) is 85.5 Å². The predicted molar refractivity (Wildman–Crippen MR) is 48.3 cm³/mol. The van der Waals surface area contributed by atoms with Crippen molar-refractivity contribution in [2.75, 3.05) is 7.11 Å².